The maximum absolute atomic E-state index is 10.9. The lowest BCUT2D eigenvalue weighted by Gasteiger charge is -2.19. The molecule has 3 atom stereocenters. The zero-order valence-corrected chi connectivity index (χ0v) is 9.20. The highest BCUT2D eigenvalue weighted by Gasteiger charge is 2.29. The second-order valence-corrected chi connectivity index (χ2v) is 3.67. The highest BCUT2D eigenvalue weighted by molar-refractivity contribution is 5.93. The number of aliphatic hydroxyl groups excluding tert-OH is 4. The van der Waals surface area contributed by atoms with Crippen LogP contribution in [0.5, 0.6) is 0 Å². The third-order valence-electron chi connectivity index (χ3n) is 2.40. The van der Waals surface area contributed by atoms with Gasteiger partial charge < -0.3 is 30.6 Å². The molecule has 96 valence electrons. The van der Waals surface area contributed by atoms with Gasteiger partial charge in [0.15, 0.2) is 0 Å². The number of carbonyl (C=O) groups excluding carboxylic acids is 1. The second kappa shape index (κ2) is 5.28. The van der Waals surface area contributed by atoms with Crippen molar-refractivity contribution in [1.82, 2.24) is 0 Å². The molecule has 17 heavy (non-hydrogen) atoms. The van der Waals surface area contributed by atoms with Crippen LogP contribution in [-0.2, 0) is 0 Å². The molecular weight excluding hydrogens is 230 g/mol. The fourth-order valence-electron chi connectivity index (χ4n) is 1.38. The number of amides is 1. The van der Waals surface area contributed by atoms with E-state index in [9.17, 15) is 15.0 Å². The monoisotopic (exact) mass is 245 g/mol. The Balaban J connectivity index is 2.93. The van der Waals surface area contributed by atoms with E-state index in [1.54, 1.807) is 0 Å². The summed E-state index contributed by atoms with van der Waals surface area (Å²) < 4.78 is 5.05. The molecule has 1 rings (SSSR count). The minimum atomic E-state index is -1.62. The van der Waals surface area contributed by atoms with Crippen molar-refractivity contribution in [3.05, 3.63) is 23.2 Å². The number of carbonyl (C=O) groups is 1. The molecule has 0 saturated heterocycles. The summed E-state index contributed by atoms with van der Waals surface area (Å²) in [5, 5.41) is 36.9. The van der Waals surface area contributed by atoms with E-state index in [1.165, 1.54) is 13.0 Å². The maximum atomic E-state index is 10.9. The van der Waals surface area contributed by atoms with Crippen LogP contribution in [0.1, 0.15) is 28.0 Å². The predicted octanol–water partition coefficient (Wildman–Crippen LogP) is -1.57. The van der Waals surface area contributed by atoms with Crippen LogP contribution < -0.4 is 5.73 Å². The summed E-state index contributed by atoms with van der Waals surface area (Å²) in [6.45, 7) is 0.770. The molecule has 0 aliphatic heterocycles. The summed E-state index contributed by atoms with van der Waals surface area (Å²) in [7, 11) is 0. The zero-order valence-electron chi connectivity index (χ0n) is 9.20. The van der Waals surface area contributed by atoms with Gasteiger partial charge in [-0.2, -0.15) is 0 Å². The van der Waals surface area contributed by atoms with E-state index in [-0.39, 0.29) is 17.1 Å². The first-order valence-corrected chi connectivity index (χ1v) is 4.93. The third kappa shape index (κ3) is 2.83. The number of aryl methyl sites for hydroxylation is 1. The van der Waals surface area contributed by atoms with Gasteiger partial charge in [0.05, 0.1) is 12.2 Å². The molecule has 6 N–H and O–H groups in total. The number of primary amides is 1. The number of hydrogen-bond acceptors (Lipinski definition) is 6. The molecule has 7 heteroatoms. The molecule has 7 nitrogen and oxygen atoms in total. The Bertz CT molecular complexity index is 402. The van der Waals surface area contributed by atoms with Gasteiger partial charge in [0.1, 0.15) is 29.8 Å². The Morgan fingerprint density at radius 2 is 2.06 bits per heavy atom. The van der Waals surface area contributed by atoms with Gasteiger partial charge in [-0.15, -0.1) is 0 Å². The van der Waals surface area contributed by atoms with Crippen LogP contribution in [0.15, 0.2) is 10.5 Å². The number of furan rings is 1. The van der Waals surface area contributed by atoms with E-state index in [1.807, 2.05) is 0 Å². The Kier molecular flexibility index (Phi) is 4.24. The normalized spacial score (nSPS) is 16.5. The largest absolute Gasteiger partial charge is 0.463 e. The molecule has 0 bridgehead atoms. The Labute approximate surface area is 97.1 Å². The topological polar surface area (TPSA) is 137 Å². The van der Waals surface area contributed by atoms with Gasteiger partial charge >= 0.3 is 0 Å². The van der Waals surface area contributed by atoms with Crippen LogP contribution in [-0.4, -0.2) is 45.1 Å². The lowest BCUT2D eigenvalue weighted by atomic mass is 10.1. The van der Waals surface area contributed by atoms with E-state index < -0.39 is 30.8 Å². The number of aliphatic hydroxyl groups is 4. The molecule has 1 aromatic heterocycles. The van der Waals surface area contributed by atoms with Crippen LogP contribution in [0.25, 0.3) is 0 Å². The van der Waals surface area contributed by atoms with Crippen molar-refractivity contribution in [1.29, 1.82) is 0 Å². The summed E-state index contributed by atoms with van der Waals surface area (Å²) in [5.74, 6) is -0.615. The molecule has 0 aromatic carbocycles. The predicted molar refractivity (Wildman–Crippen MR) is 56.0 cm³/mol. The molecule has 1 amide bonds. The lowest BCUT2D eigenvalue weighted by Crippen LogP contribution is -2.34. The van der Waals surface area contributed by atoms with Gasteiger partial charge in [0.2, 0.25) is 0 Å². The Morgan fingerprint density at radius 1 is 1.47 bits per heavy atom. The molecule has 0 radical (unpaired) electrons. The van der Waals surface area contributed by atoms with E-state index >= 15 is 0 Å². The van der Waals surface area contributed by atoms with Gasteiger partial charge in [0, 0.05) is 0 Å². The van der Waals surface area contributed by atoms with E-state index in [0.29, 0.717) is 0 Å². The quantitative estimate of drug-likeness (QED) is 0.425. The van der Waals surface area contributed by atoms with Gasteiger partial charge in [-0.05, 0) is 13.0 Å². The average molecular weight is 245 g/mol. The van der Waals surface area contributed by atoms with Crippen molar-refractivity contribution in [2.24, 2.45) is 5.73 Å². The van der Waals surface area contributed by atoms with E-state index in [4.69, 9.17) is 20.4 Å². The van der Waals surface area contributed by atoms with Crippen LogP contribution in [0.3, 0.4) is 0 Å². The Morgan fingerprint density at radius 3 is 2.47 bits per heavy atom. The van der Waals surface area contributed by atoms with Crippen molar-refractivity contribution in [2.75, 3.05) is 6.61 Å². The van der Waals surface area contributed by atoms with Crippen LogP contribution in [0.4, 0.5) is 0 Å². The number of rotatable bonds is 5. The van der Waals surface area contributed by atoms with Crippen LogP contribution >= 0.6 is 0 Å². The number of hydrogen-bond donors (Lipinski definition) is 5. The second-order valence-electron chi connectivity index (χ2n) is 3.67. The molecule has 0 fully saturated rings. The van der Waals surface area contributed by atoms with Gasteiger partial charge in [-0.1, -0.05) is 0 Å². The molecule has 0 saturated carbocycles. The van der Waals surface area contributed by atoms with Crippen molar-refractivity contribution >= 4 is 5.91 Å². The number of nitrogens with two attached hydrogens (primary N) is 1. The van der Waals surface area contributed by atoms with Gasteiger partial charge in [-0.25, -0.2) is 0 Å². The zero-order chi connectivity index (χ0) is 13.2. The Hall–Kier alpha value is -1.41. The summed E-state index contributed by atoms with van der Waals surface area (Å²) in [6, 6.07) is 1.19. The molecule has 0 aliphatic carbocycles. The fourth-order valence-corrected chi connectivity index (χ4v) is 1.38. The minimum absolute atomic E-state index is 0.0877. The summed E-state index contributed by atoms with van der Waals surface area (Å²) in [5.41, 5.74) is 5.15. The van der Waals surface area contributed by atoms with Crippen molar-refractivity contribution < 1.29 is 29.6 Å². The lowest BCUT2D eigenvalue weighted by molar-refractivity contribution is -0.0837. The van der Waals surface area contributed by atoms with Crippen molar-refractivity contribution in [3.63, 3.8) is 0 Å². The average Bonchev–Trinajstić information content (AvgIpc) is 2.68. The molecule has 3 unspecified atom stereocenters. The van der Waals surface area contributed by atoms with Gasteiger partial charge in [-0.3, -0.25) is 4.79 Å². The molecule has 0 aliphatic rings. The summed E-state index contributed by atoms with van der Waals surface area (Å²) in [6.07, 6.45) is -4.68. The first kappa shape index (κ1) is 13.7. The fraction of sp³-hybridized carbons (Fsp3) is 0.500. The highest BCUT2D eigenvalue weighted by Crippen LogP contribution is 2.24. The SMILES string of the molecule is Cc1oc(C(O)C(O)C(O)CO)cc1C(N)=O. The molecular formula is C10H15NO6. The summed E-state index contributed by atoms with van der Waals surface area (Å²) in [4.78, 5) is 10.9. The first-order chi connectivity index (χ1) is 7.88. The minimum Gasteiger partial charge on any atom is -0.463 e. The van der Waals surface area contributed by atoms with Crippen LogP contribution in [0.2, 0.25) is 0 Å². The summed E-state index contributed by atoms with van der Waals surface area (Å²) >= 11 is 0. The molecule has 1 aromatic rings. The standard InChI is InChI=1S/C10H15NO6/c1-4-5(10(11)16)2-7(17-4)9(15)8(14)6(13)3-12/h2,6,8-9,12-15H,3H2,1H3,(H2,11,16). The first-order valence-electron chi connectivity index (χ1n) is 4.93. The molecule has 1 heterocycles. The van der Waals surface area contributed by atoms with Gasteiger partial charge in [0.25, 0.3) is 5.91 Å². The van der Waals surface area contributed by atoms with Crippen molar-refractivity contribution in [3.8, 4) is 0 Å². The smallest absolute Gasteiger partial charge is 0.252 e. The molecule has 0 spiro atoms. The van der Waals surface area contributed by atoms with E-state index in [2.05, 4.69) is 0 Å². The third-order valence-corrected chi connectivity index (χ3v) is 2.40. The van der Waals surface area contributed by atoms with Crippen LogP contribution in [0, 0.1) is 6.92 Å². The van der Waals surface area contributed by atoms with E-state index in [0.717, 1.165) is 0 Å². The maximum Gasteiger partial charge on any atom is 0.252 e. The van der Waals surface area contributed by atoms with Crippen molar-refractivity contribution in [2.45, 2.75) is 25.2 Å². The highest BCUT2D eigenvalue weighted by atomic mass is 16.4.